The van der Waals surface area contributed by atoms with Crippen molar-refractivity contribution in [2.24, 2.45) is 0 Å². The molecule has 0 amide bonds. The lowest BCUT2D eigenvalue weighted by atomic mass is 10.1. The van der Waals surface area contributed by atoms with Crippen LogP contribution in [0.15, 0.2) is 48.7 Å². The number of aryl methyl sites for hydroxylation is 1. The number of alkyl halides is 1. The van der Waals surface area contributed by atoms with Crippen molar-refractivity contribution in [3.63, 3.8) is 0 Å². The van der Waals surface area contributed by atoms with Crippen LogP contribution in [0.5, 0.6) is 0 Å². The fourth-order valence-corrected chi connectivity index (χ4v) is 3.06. The van der Waals surface area contributed by atoms with E-state index in [1.807, 2.05) is 6.92 Å². The molecule has 0 bridgehead atoms. The van der Waals surface area contributed by atoms with Crippen LogP contribution in [-0.4, -0.2) is 26.1 Å². The maximum atomic E-state index is 11.9. The first kappa shape index (κ1) is 16.9. The summed E-state index contributed by atoms with van der Waals surface area (Å²) in [5, 5.41) is 12.9. The van der Waals surface area contributed by atoms with Crippen LogP contribution < -0.4 is 5.32 Å². The molecule has 2 aromatic rings. The molecule has 0 aliphatic rings. The molecule has 2 rings (SSSR count). The SMILES string of the molecule is Cc1ccnc(NC(O)C(Cl)(c2ccccc2)P(=O)(O)O)c1. The fraction of sp³-hybridized carbons (Fsp3) is 0.214. The molecule has 2 atom stereocenters. The van der Waals surface area contributed by atoms with E-state index in [2.05, 4.69) is 10.3 Å². The van der Waals surface area contributed by atoms with Crippen molar-refractivity contribution in [1.29, 1.82) is 0 Å². The Labute approximate surface area is 133 Å². The standard InChI is InChI=1S/C14H16ClN2O4P/c1-10-7-8-16-12(9-10)17-13(18)14(15,22(19,20)21)11-5-3-2-4-6-11/h2-9,13,18H,1H3,(H,16,17)(H2,19,20,21). The smallest absolute Gasteiger partial charge is 0.355 e. The number of halogens is 1. The molecule has 6 nitrogen and oxygen atoms in total. The van der Waals surface area contributed by atoms with Crippen LogP contribution >= 0.6 is 19.2 Å². The topological polar surface area (TPSA) is 103 Å². The summed E-state index contributed by atoms with van der Waals surface area (Å²) in [6.07, 6.45) is -0.230. The van der Waals surface area contributed by atoms with Gasteiger partial charge >= 0.3 is 7.60 Å². The molecule has 8 heteroatoms. The first-order valence-electron chi connectivity index (χ1n) is 6.42. The molecular formula is C14H16ClN2O4P. The third-order valence-corrected chi connectivity index (χ3v) is 5.60. The van der Waals surface area contributed by atoms with Crippen molar-refractivity contribution in [2.75, 3.05) is 5.32 Å². The van der Waals surface area contributed by atoms with Crippen molar-refractivity contribution >= 4 is 25.0 Å². The second kappa shape index (κ2) is 6.36. The zero-order chi connectivity index (χ0) is 16.4. The monoisotopic (exact) mass is 342 g/mol. The minimum Gasteiger partial charge on any atom is -0.371 e. The van der Waals surface area contributed by atoms with E-state index in [0.717, 1.165) is 5.56 Å². The summed E-state index contributed by atoms with van der Waals surface area (Å²) >= 11 is 6.18. The van der Waals surface area contributed by atoms with Gasteiger partial charge in [0.25, 0.3) is 0 Å². The van der Waals surface area contributed by atoms with Crippen molar-refractivity contribution in [2.45, 2.75) is 17.8 Å². The molecule has 0 radical (unpaired) electrons. The number of aliphatic hydroxyl groups excluding tert-OH is 1. The second-order valence-corrected chi connectivity index (χ2v) is 7.50. The number of nitrogens with one attached hydrogen (secondary N) is 1. The molecule has 0 saturated carbocycles. The van der Waals surface area contributed by atoms with Gasteiger partial charge in [-0.3, -0.25) is 4.57 Å². The number of nitrogens with zero attached hydrogens (tertiary/aromatic N) is 1. The molecule has 1 heterocycles. The van der Waals surface area contributed by atoms with E-state index in [0.29, 0.717) is 0 Å². The lowest BCUT2D eigenvalue weighted by Crippen LogP contribution is -2.40. The lowest BCUT2D eigenvalue weighted by Gasteiger charge is -2.33. The zero-order valence-corrected chi connectivity index (χ0v) is 13.4. The summed E-state index contributed by atoms with van der Waals surface area (Å²) in [7, 11) is -4.89. The van der Waals surface area contributed by atoms with Crippen LogP contribution in [-0.2, 0) is 9.18 Å². The minimum atomic E-state index is -4.89. The van der Waals surface area contributed by atoms with Gasteiger partial charge in [0.2, 0.25) is 4.62 Å². The normalized spacial score (nSPS) is 15.9. The van der Waals surface area contributed by atoms with Gasteiger partial charge in [0, 0.05) is 6.20 Å². The van der Waals surface area contributed by atoms with Crippen molar-refractivity contribution in [3.8, 4) is 0 Å². The predicted octanol–water partition coefficient (Wildman–Crippen LogP) is 2.39. The predicted molar refractivity (Wildman–Crippen MR) is 84.6 cm³/mol. The summed E-state index contributed by atoms with van der Waals surface area (Å²) in [4.78, 5) is 23.3. The zero-order valence-electron chi connectivity index (χ0n) is 11.7. The van der Waals surface area contributed by atoms with Gasteiger partial charge in [-0.25, -0.2) is 4.98 Å². The van der Waals surface area contributed by atoms with Gasteiger partial charge in [-0.05, 0) is 30.2 Å². The number of hydrogen-bond donors (Lipinski definition) is 4. The number of benzene rings is 1. The van der Waals surface area contributed by atoms with E-state index in [9.17, 15) is 19.5 Å². The van der Waals surface area contributed by atoms with E-state index in [1.165, 1.54) is 18.3 Å². The Morgan fingerprint density at radius 3 is 2.45 bits per heavy atom. The van der Waals surface area contributed by atoms with E-state index in [4.69, 9.17) is 11.6 Å². The van der Waals surface area contributed by atoms with Crippen LogP contribution in [0.3, 0.4) is 0 Å². The highest BCUT2D eigenvalue weighted by Crippen LogP contribution is 2.61. The summed E-state index contributed by atoms with van der Waals surface area (Å²) in [6, 6.07) is 11.1. The van der Waals surface area contributed by atoms with Gasteiger partial charge in [0.05, 0.1) is 0 Å². The molecule has 1 aromatic carbocycles. The molecule has 118 valence electrons. The van der Waals surface area contributed by atoms with Crippen LogP contribution in [0.2, 0.25) is 0 Å². The maximum absolute atomic E-state index is 11.9. The number of anilines is 1. The van der Waals surface area contributed by atoms with E-state index < -0.39 is 18.4 Å². The first-order valence-corrected chi connectivity index (χ1v) is 8.41. The Hall–Kier alpha value is -1.43. The minimum absolute atomic E-state index is 0.109. The second-order valence-electron chi connectivity index (χ2n) is 4.85. The largest absolute Gasteiger partial charge is 0.371 e. The van der Waals surface area contributed by atoms with Crippen molar-refractivity contribution in [1.82, 2.24) is 4.98 Å². The maximum Gasteiger partial charge on any atom is 0.355 e. The molecule has 0 aliphatic carbocycles. The Kier molecular flexibility index (Phi) is 4.90. The molecule has 1 aromatic heterocycles. The molecular weight excluding hydrogens is 327 g/mol. The molecule has 0 saturated heterocycles. The van der Waals surface area contributed by atoms with Gasteiger partial charge < -0.3 is 20.2 Å². The lowest BCUT2D eigenvalue weighted by molar-refractivity contribution is 0.166. The van der Waals surface area contributed by atoms with E-state index in [1.54, 1.807) is 30.3 Å². The highest BCUT2D eigenvalue weighted by atomic mass is 35.5. The van der Waals surface area contributed by atoms with Gasteiger partial charge in [-0.2, -0.15) is 0 Å². The Bertz CT molecular complexity index is 694. The van der Waals surface area contributed by atoms with Crippen LogP contribution in [0.4, 0.5) is 5.82 Å². The molecule has 0 fully saturated rings. The molecule has 22 heavy (non-hydrogen) atoms. The van der Waals surface area contributed by atoms with Crippen molar-refractivity contribution in [3.05, 3.63) is 59.8 Å². The summed E-state index contributed by atoms with van der Waals surface area (Å²) < 4.78 is 9.57. The third-order valence-electron chi connectivity index (χ3n) is 3.16. The first-order chi connectivity index (χ1) is 10.2. The highest BCUT2D eigenvalue weighted by Gasteiger charge is 2.53. The molecule has 0 aliphatic heterocycles. The van der Waals surface area contributed by atoms with Gasteiger partial charge in [-0.1, -0.05) is 41.9 Å². The Balaban J connectivity index is 2.40. The average Bonchev–Trinajstić information content (AvgIpc) is 2.46. The third kappa shape index (κ3) is 3.32. The Morgan fingerprint density at radius 1 is 1.27 bits per heavy atom. The quantitative estimate of drug-likeness (QED) is 0.378. The summed E-state index contributed by atoms with van der Waals surface area (Å²) in [6.45, 7) is 1.83. The number of rotatable bonds is 5. The number of aromatic nitrogens is 1. The highest BCUT2D eigenvalue weighted by molar-refractivity contribution is 7.55. The summed E-state index contributed by atoms with van der Waals surface area (Å²) in [5.41, 5.74) is 0.985. The van der Waals surface area contributed by atoms with Crippen molar-refractivity contribution < 1.29 is 19.5 Å². The Morgan fingerprint density at radius 2 is 1.91 bits per heavy atom. The number of hydrogen-bond acceptors (Lipinski definition) is 4. The number of aliphatic hydroxyl groups is 1. The fourth-order valence-electron chi connectivity index (χ4n) is 2.01. The van der Waals surface area contributed by atoms with Gasteiger partial charge in [0.1, 0.15) is 5.82 Å². The van der Waals surface area contributed by atoms with Crippen LogP contribution in [0.25, 0.3) is 0 Å². The van der Waals surface area contributed by atoms with E-state index >= 15 is 0 Å². The summed E-state index contributed by atoms with van der Waals surface area (Å²) in [5.74, 6) is 0.266. The average molecular weight is 343 g/mol. The van der Waals surface area contributed by atoms with Gasteiger partial charge in [0.15, 0.2) is 6.23 Å². The van der Waals surface area contributed by atoms with Gasteiger partial charge in [-0.15, -0.1) is 0 Å². The molecule has 4 N–H and O–H groups in total. The number of pyridine rings is 1. The van der Waals surface area contributed by atoms with E-state index in [-0.39, 0.29) is 11.4 Å². The molecule has 2 unspecified atom stereocenters. The van der Waals surface area contributed by atoms with Crippen LogP contribution in [0, 0.1) is 6.92 Å². The molecule has 0 spiro atoms. The van der Waals surface area contributed by atoms with Crippen LogP contribution in [0.1, 0.15) is 11.1 Å².